The Kier molecular flexibility index (Phi) is 7.58. The largest absolute Gasteiger partial charge is 0.482 e. The molecule has 1 aromatic carbocycles. The topological polar surface area (TPSA) is 146 Å². The molecule has 3 aromatic rings. The van der Waals surface area contributed by atoms with Crippen LogP contribution in [-0.2, 0) is 23.0 Å². The Hall–Kier alpha value is -4.66. The van der Waals surface area contributed by atoms with Crippen molar-refractivity contribution in [2.75, 3.05) is 19.9 Å². The predicted octanol–water partition coefficient (Wildman–Crippen LogP) is 4.37. The van der Waals surface area contributed by atoms with Gasteiger partial charge in [-0.3, -0.25) is 4.68 Å². The second-order valence-corrected chi connectivity index (χ2v) is 9.55. The number of methoxy groups -OCH3 is 1. The molecule has 3 rings (SSSR count). The maximum absolute atomic E-state index is 14.1. The van der Waals surface area contributed by atoms with Gasteiger partial charge in [-0.1, -0.05) is 0 Å². The number of rotatable bonds is 7. The van der Waals surface area contributed by atoms with E-state index in [1.54, 1.807) is 27.7 Å². The summed E-state index contributed by atoms with van der Waals surface area (Å²) in [6.45, 7) is 3.98. The fourth-order valence-electron chi connectivity index (χ4n) is 3.64. The number of anilines is 1. The second kappa shape index (κ2) is 11.4. The molecule has 0 aliphatic rings. The standard InChI is InChI=1S/C27H31FN6O5/c1-15(19-11-17(28)8-9-18(19)25(35)37-7)38-22-10-16(13-31-24(22)30)23-20(32-34(6)21(23)12-29)14-33(5)26(36)39-27(2,3)4/h8-11,13,15H,14H2,1-7H3,(H2,30,31)/i14D2. The van der Waals surface area contributed by atoms with E-state index in [-0.39, 0.29) is 45.2 Å². The molecule has 2 aromatic heterocycles. The van der Waals surface area contributed by atoms with E-state index in [2.05, 4.69) is 10.1 Å². The van der Waals surface area contributed by atoms with Crippen LogP contribution in [0.4, 0.5) is 15.0 Å². The molecular formula is C27H31FN6O5. The lowest BCUT2D eigenvalue weighted by Crippen LogP contribution is -2.34. The van der Waals surface area contributed by atoms with Crippen molar-refractivity contribution in [2.24, 2.45) is 7.05 Å². The molecule has 0 aliphatic carbocycles. The van der Waals surface area contributed by atoms with E-state index in [4.69, 9.17) is 22.7 Å². The molecule has 206 valence electrons. The number of carbonyl (C=O) groups is 2. The molecule has 0 spiro atoms. The summed E-state index contributed by atoms with van der Waals surface area (Å²) >= 11 is 0. The number of pyridine rings is 1. The van der Waals surface area contributed by atoms with Crippen LogP contribution in [0, 0.1) is 17.1 Å². The number of aromatic nitrogens is 3. The number of hydrogen-bond donors (Lipinski definition) is 1. The van der Waals surface area contributed by atoms with Crippen LogP contribution < -0.4 is 10.5 Å². The first-order chi connectivity index (χ1) is 19.0. The van der Waals surface area contributed by atoms with Gasteiger partial charge < -0.3 is 24.8 Å². The molecule has 0 bridgehead atoms. The van der Waals surface area contributed by atoms with E-state index in [0.717, 1.165) is 17.0 Å². The Morgan fingerprint density at radius 2 is 2.03 bits per heavy atom. The molecular weight excluding hydrogens is 507 g/mol. The number of benzene rings is 1. The first-order valence-electron chi connectivity index (χ1n) is 12.8. The Balaban J connectivity index is 2.10. The van der Waals surface area contributed by atoms with Gasteiger partial charge >= 0.3 is 12.1 Å². The minimum Gasteiger partial charge on any atom is -0.482 e. The van der Waals surface area contributed by atoms with Gasteiger partial charge in [0, 0.05) is 37.0 Å². The third-order valence-corrected chi connectivity index (χ3v) is 5.43. The van der Waals surface area contributed by atoms with Crippen molar-refractivity contribution in [1.29, 1.82) is 5.26 Å². The van der Waals surface area contributed by atoms with Gasteiger partial charge in [0.15, 0.2) is 11.6 Å². The Bertz CT molecular complexity index is 1530. The molecule has 11 nitrogen and oxygen atoms in total. The molecule has 39 heavy (non-hydrogen) atoms. The van der Waals surface area contributed by atoms with Crippen LogP contribution in [0.5, 0.6) is 5.75 Å². The highest BCUT2D eigenvalue weighted by Gasteiger charge is 2.26. The van der Waals surface area contributed by atoms with Crippen molar-refractivity contribution in [3.63, 3.8) is 0 Å². The van der Waals surface area contributed by atoms with Crippen molar-refractivity contribution in [1.82, 2.24) is 19.7 Å². The van der Waals surface area contributed by atoms with E-state index >= 15 is 0 Å². The Morgan fingerprint density at radius 3 is 2.64 bits per heavy atom. The first-order valence-corrected chi connectivity index (χ1v) is 11.8. The molecule has 1 amide bonds. The van der Waals surface area contributed by atoms with Gasteiger partial charge in [0.25, 0.3) is 0 Å². The molecule has 0 saturated carbocycles. The number of ether oxygens (including phenoxy) is 3. The lowest BCUT2D eigenvalue weighted by Gasteiger charge is -2.24. The van der Waals surface area contributed by atoms with Crippen molar-refractivity contribution in [3.8, 4) is 22.9 Å². The highest BCUT2D eigenvalue weighted by atomic mass is 19.1. The summed E-state index contributed by atoms with van der Waals surface area (Å²) in [6.07, 6.45) is -0.546. The summed E-state index contributed by atoms with van der Waals surface area (Å²) in [7, 11) is 3.87. The van der Waals surface area contributed by atoms with E-state index in [9.17, 15) is 19.2 Å². The third kappa shape index (κ3) is 6.62. The number of esters is 1. The number of aryl methyl sites for hydroxylation is 1. The normalized spacial score (nSPS) is 13.0. The molecule has 1 unspecified atom stereocenters. The molecule has 1 atom stereocenters. The van der Waals surface area contributed by atoms with Crippen LogP contribution in [0.3, 0.4) is 0 Å². The Labute approximate surface area is 228 Å². The van der Waals surface area contributed by atoms with Gasteiger partial charge in [-0.15, -0.1) is 0 Å². The van der Waals surface area contributed by atoms with Gasteiger partial charge in [0.05, 0.1) is 27.6 Å². The summed E-state index contributed by atoms with van der Waals surface area (Å²) in [6, 6.07) is 6.95. The van der Waals surface area contributed by atoms with Crippen molar-refractivity contribution < 1.29 is 30.9 Å². The summed E-state index contributed by atoms with van der Waals surface area (Å²) in [5.74, 6) is -1.34. The highest BCUT2D eigenvalue weighted by molar-refractivity contribution is 5.91. The van der Waals surface area contributed by atoms with Crippen LogP contribution in [0.25, 0.3) is 11.1 Å². The van der Waals surface area contributed by atoms with Crippen molar-refractivity contribution in [2.45, 2.75) is 45.9 Å². The van der Waals surface area contributed by atoms with E-state index in [0.29, 0.717) is 0 Å². The quantitative estimate of drug-likeness (QED) is 0.432. The number of nitrogens with two attached hydrogens (primary N) is 1. The Morgan fingerprint density at radius 1 is 1.33 bits per heavy atom. The van der Waals surface area contributed by atoms with Gasteiger partial charge in [-0.25, -0.2) is 19.0 Å². The highest BCUT2D eigenvalue weighted by Crippen LogP contribution is 2.35. The van der Waals surface area contributed by atoms with Crippen LogP contribution in [0.2, 0.25) is 0 Å². The molecule has 2 heterocycles. The van der Waals surface area contributed by atoms with Gasteiger partial charge in [0.2, 0.25) is 0 Å². The molecule has 0 radical (unpaired) electrons. The zero-order chi connectivity index (χ0) is 30.9. The summed E-state index contributed by atoms with van der Waals surface area (Å²) in [4.78, 5) is 29.8. The SMILES string of the molecule is [2H]C([2H])(c1nn(C)c(C#N)c1-c1cnc(N)c(OC(C)c2cc(F)ccc2C(=O)OC)c1)N(C)C(=O)OC(C)(C)C. The summed E-state index contributed by atoms with van der Waals surface area (Å²) < 4.78 is 48.9. The minimum atomic E-state index is -2.53. The molecule has 0 fully saturated rings. The van der Waals surface area contributed by atoms with Crippen LogP contribution in [0.1, 0.15) is 63.8 Å². The van der Waals surface area contributed by atoms with Crippen LogP contribution in [0.15, 0.2) is 30.5 Å². The molecule has 12 heteroatoms. The molecule has 0 aliphatic heterocycles. The predicted molar refractivity (Wildman–Crippen MR) is 140 cm³/mol. The van der Waals surface area contributed by atoms with Crippen LogP contribution >= 0.6 is 0 Å². The monoisotopic (exact) mass is 540 g/mol. The zero-order valence-corrected chi connectivity index (χ0v) is 22.7. The zero-order valence-electron chi connectivity index (χ0n) is 24.7. The number of halogens is 1. The lowest BCUT2D eigenvalue weighted by atomic mass is 10.0. The number of nitrogens with zero attached hydrogens (tertiary/aromatic N) is 5. The number of amides is 1. The fraction of sp³-hybridized carbons (Fsp3) is 0.370. The second-order valence-electron chi connectivity index (χ2n) is 9.55. The molecule has 0 saturated heterocycles. The van der Waals surface area contributed by atoms with Gasteiger partial charge in [-0.2, -0.15) is 10.4 Å². The average molecular weight is 541 g/mol. The van der Waals surface area contributed by atoms with Gasteiger partial charge in [0.1, 0.15) is 29.3 Å². The van der Waals surface area contributed by atoms with E-state index in [1.807, 2.05) is 6.07 Å². The number of nitriles is 1. The maximum atomic E-state index is 14.1. The maximum Gasteiger partial charge on any atom is 0.410 e. The minimum absolute atomic E-state index is 0.00910. The smallest absolute Gasteiger partial charge is 0.410 e. The van der Waals surface area contributed by atoms with Crippen molar-refractivity contribution >= 4 is 17.9 Å². The third-order valence-electron chi connectivity index (χ3n) is 5.43. The van der Waals surface area contributed by atoms with Crippen LogP contribution in [-0.4, -0.2) is 51.5 Å². The number of hydrogen-bond acceptors (Lipinski definition) is 9. The fourth-order valence-corrected chi connectivity index (χ4v) is 3.64. The summed E-state index contributed by atoms with van der Waals surface area (Å²) in [5.41, 5.74) is 5.43. The van der Waals surface area contributed by atoms with Gasteiger partial charge in [-0.05, 0) is 52.0 Å². The number of carbonyl (C=O) groups excluding carboxylic acids is 2. The first kappa shape index (κ1) is 26.0. The van der Waals surface area contributed by atoms with E-state index in [1.165, 1.54) is 44.2 Å². The van der Waals surface area contributed by atoms with Crippen molar-refractivity contribution in [3.05, 3.63) is 58.8 Å². The number of nitrogen functional groups attached to an aromatic ring is 1. The average Bonchev–Trinajstić information content (AvgIpc) is 3.24. The molecule has 2 N–H and O–H groups in total. The van der Waals surface area contributed by atoms with E-state index < -0.39 is 36.1 Å². The summed E-state index contributed by atoms with van der Waals surface area (Å²) in [5, 5.41) is 14.1. The lowest BCUT2D eigenvalue weighted by molar-refractivity contribution is 0.0283.